The molecule has 3 atom stereocenters. The van der Waals surface area contributed by atoms with Gasteiger partial charge in [0.2, 0.25) is 5.91 Å². The number of carbonyl (C=O) groups excluding carboxylic acids is 2. The van der Waals surface area contributed by atoms with E-state index in [2.05, 4.69) is 74.7 Å². The van der Waals surface area contributed by atoms with Gasteiger partial charge in [0.05, 0.1) is 33.8 Å². The number of nitrogens with one attached hydrogen (secondary N) is 1. The highest BCUT2D eigenvalue weighted by molar-refractivity contribution is 7.47. The molecule has 0 aromatic heterocycles. The van der Waals surface area contributed by atoms with Crippen molar-refractivity contribution in [1.82, 2.24) is 5.32 Å². The van der Waals surface area contributed by atoms with Crippen LogP contribution in [-0.2, 0) is 27.9 Å². The maximum absolute atomic E-state index is 13.5. The van der Waals surface area contributed by atoms with Gasteiger partial charge in [-0.3, -0.25) is 18.6 Å². The molecule has 0 fully saturated rings. The van der Waals surface area contributed by atoms with Gasteiger partial charge in [-0.1, -0.05) is 281 Å². The number of unbranched alkanes of at least 4 members (excludes halogenated alkanes) is 35. The number of carbonyl (C=O) groups is 2. The molecule has 10 heteroatoms. The highest BCUT2D eigenvalue weighted by Gasteiger charge is 2.30. The molecule has 0 saturated heterocycles. The third-order valence-electron chi connectivity index (χ3n) is 14.5. The zero-order valence-electron chi connectivity index (χ0n) is 51.5. The van der Waals surface area contributed by atoms with E-state index < -0.39 is 20.0 Å². The van der Waals surface area contributed by atoms with Crippen LogP contribution in [0.3, 0.4) is 0 Å². The van der Waals surface area contributed by atoms with Crippen LogP contribution in [0.4, 0.5) is 0 Å². The highest BCUT2D eigenvalue weighted by atomic mass is 31.2. The quantitative estimate of drug-likeness (QED) is 0.0205. The monoisotopic (exact) mass is 1100 g/mol. The molecule has 0 heterocycles. The Morgan fingerprint density at radius 1 is 0.455 bits per heavy atom. The van der Waals surface area contributed by atoms with E-state index in [1.807, 2.05) is 33.3 Å². The molecule has 2 N–H and O–H groups in total. The summed E-state index contributed by atoms with van der Waals surface area (Å²) in [5.74, 6) is -0.561. The van der Waals surface area contributed by atoms with Gasteiger partial charge in [-0.05, 0) is 70.3 Å². The number of likely N-dealkylation sites (N-methyl/N-ethyl adjacent to an activating group) is 1. The van der Waals surface area contributed by atoms with Crippen molar-refractivity contribution < 1.29 is 37.3 Å². The van der Waals surface area contributed by atoms with Crippen LogP contribution in [0, 0.1) is 0 Å². The summed E-state index contributed by atoms with van der Waals surface area (Å²) >= 11 is 0. The fourth-order valence-electron chi connectivity index (χ4n) is 9.41. The Labute approximate surface area is 477 Å². The van der Waals surface area contributed by atoms with Gasteiger partial charge in [-0.25, -0.2) is 4.57 Å². The highest BCUT2D eigenvalue weighted by Crippen LogP contribution is 2.43. The summed E-state index contributed by atoms with van der Waals surface area (Å²) in [4.78, 5) is 37.7. The normalized spacial score (nSPS) is 14.0. The number of ether oxygens (including phenoxy) is 1. The van der Waals surface area contributed by atoms with Gasteiger partial charge in [0.1, 0.15) is 19.3 Å². The predicted molar refractivity (Wildman–Crippen MR) is 332 cm³/mol. The number of nitrogens with zero attached hydrogens (tertiary/aromatic N) is 1. The maximum atomic E-state index is 13.5. The first-order valence-electron chi connectivity index (χ1n) is 32.6. The summed E-state index contributed by atoms with van der Waals surface area (Å²) in [6.07, 6.45) is 72.4. The van der Waals surface area contributed by atoms with Crippen LogP contribution >= 0.6 is 7.82 Å². The third kappa shape index (κ3) is 58.2. The van der Waals surface area contributed by atoms with Gasteiger partial charge < -0.3 is 19.4 Å². The van der Waals surface area contributed by atoms with Crippen LogP contribution in [0.5, 0.6) is 0 Å². The average molecular weight is 1100 g/mol. The number of rotatable bonds is 59. The molecule has 77 heavy (non-hydrogen) atoms. The van der Waals surface area contributed by atoms with Gasteiger partial charge in [-0.2, -0.15) is 0 Å². The second-order valence-electron chi connectivity index (χ2n) is 23.3. The van der Waals surface area contributed by atoms with Crippen molar-refractivity contribution in [3.05, 3.63) is 60.8 Å². The Balaban J connectivity index is 5.16. The summed E-state index contributed by atoms with van der Waals surface area (Å²) in [6.45, 7) is 6.96. The Morgan fingerprint density at radius 2 is 0.805 bits per heavy atom. The van der Waals surface area contributed by atoms with Crippen molar-refractivity contribution in [3.63, 3.8) is 0 Å². The fraction of sp³-hybridized carbons (Fsp3) is 0.821. The Hall–Kier alpha value is -2.29. The van der Waals surface area contributed by atoms with Gasteiger partial charge in [0.25, 0.3) is 0 Å². The number of amides is 1. The summed E-state index contributed by atoms with van der Waals surface area (Å²) < 4.78 is 30.7. The van der Waals surface area contributed by atoms with E-state index in [-0.39, 0.29) is 37.9 Å². The molecule has 0 spiro atoms. The number of hydrogen-bond donors (Lipinski definition) is 2. The van der Waals surface area contributed by atoms with E-state index in [0.29, 0.717) is 17.4 Å². The summed E-state index contributed by atoms with van der Waals surface area (Å²) in [5, 5.41) is 3.02. The SMILES string of the molecule is CCCCC/C=C\C/C=C\C/C=C\C/C=C\CCCC(=O)NC(COP(=O)(O)OCC[N+](C)(C)C)C(/C=C\CCCCCCCCCCC)OC(=O)CCCCCCCCCCCCCCCCCCCCCCCCC. The third-order valence-corrected chi connectivity index (χ3v) is 15.4. The molecule has 1 amide bonds. The zero-order chi connectivity index (χ0) is 56.4. The maximum Gasteiger partial charge on any atom is 0.472 e. The number of quaternary nitrogens is 1. The standard InChI is InChI=1S/C67H125N2O7P/c1-7-10-13-16-19-22-25-27-29-31-32-33-34-35-36-38-40-42-45-48-51-54-57-60-67(71)76-65(58-55-52-49-46-43-24-21-18-15-12-9-3)64(63-75-77(72,73)74-62-61-69(4,5)6)68-66(70)59-56-53-50-47-44-41-39-37-30-28-26-23-20-17-14-11-8-2/h20,23,28,30,39,41,47,50,55,58,64-65H,7-19,21-22,24-27,29,31-38,40,42-46,48-49,51-54,56-57,59-63H2,1-6H3,(H-,68,70,72,73)/p+1/b23-20-,30-28-,41-39-,50-47-,58-55-. The lowest BCUT2D eigenvalue weighted by Gasteiger charge is -2.27. The number of phosphoric ester groups is 1. The van der Waals surface area contributed by atoms with Crippen LogP contribution in [0.2, 0.25) is 0 Å². The number of phosphoric acid groups is 1. The fourth-order valence-corrected chi connectivity index (χ4v) is 10.1. The molecule has 0 aliphatic carbocycles. The molecule has 0 aliphatic rings. The molecule has 0 aromatic carbocycles. The second kappa shape index (κ2) is 57.0. The van der Waals surface area contributed by atoms with E-state index in [9.17, 15) is 19.0 Å². The lowest BCUT2D eigenvalue weighted by atomic mass is 10.0. The van der Waals surface area contributed by atoms with Crippen molar-refractivity contribution >= 4 is 19.7 Å². The Morgan fingerprint density at radius 3 is 1.23 bits per heavy atom. The van der Waals surface area contributed by atoms with Crippen molar-refractivity contribution in [3.8, 4) is 0 Å². The van der Waals surface area contributed by atoms with E-state index in [1.165, 1.54) is 199 Å². The Bertz CT molecular complexity index is 1500. The molecular weight excluding hydrogens is 976 g/mol. The van der Waals surface area contributed by atoms with Crippen molar-refractivity contribution in [2.24, 2.45) is 0 Å². The molecule has 0 bridgehead atoms. The smallest absolute Gasteiger partial charge is 0.456 e. The first-order chi connectivity index (χ1) is 37.4. The van der Waals surface area contributed by atoms with Crippen molar-refractivity contribution in [2.75, 3.05) is 40.9 Å². The Kier molecular flexibility index (Phi) is 55.3. The van der Waals surface area contributed by atoms with E-state index in [0.717, 1.165) is 64.2 Å². The van der Waals surface area contributed by atoms with E-state index in [4.69, 9.17) is 13.8 Å². The van der Waals surface area contributed by atoms with Crippen LogP contribution in [0.15, 0.2) is 60.8 Å². The minimum Gasteiger partial charge on any atom is -0.456 e. The van der Waals surface area contributed by atoms with Gasteiger partial charge in [0, 0.05) is 12.8 Å². The van der Waals surface area contributed by atoms with Crippen LogP contribution < -0.4 is 5.32 Å². The van der Waals surface area contributed by atoms with Crippen molar-refractivity contribution in [2.45, 2.75) is 315 Å². The topological polar surface area (TPSA) is 111 Å². The molecular formula is C67H126N2O7P+. The van der Waals surface area contributed by atoms with Crippen LogP contribution in [0.1, 0.15) is 303 Å². The van der Waals surface area contributed by atoms with Crippen LogP contribution in [0.25, 0.3) is 0 Å². The second-order valence-corrected chi connectivity index (χ2v) is 24.7. The molecule has 0 aliphatic heterocycles. The molecule has 0 saturated carbocycles. The number of allylic oxidation sites excluding steroid dienone is 9. The number of hydrogen-bond acceptors (Lipinski definition) is 6. The summed E-state index contributed by atoms with van der Waals surface area (Å²) in [7, 11) is 1.47. The molecule has 0 rings (SSSR count). The van der Waals surface area contributed by atoms with Gasteiger partial charge in [-0.15, -0.1) is 0 Å². The number of esters is 1. The molecule has 450 valence electrons. The minimum atomic E-state index is -4.46. The van der Waals surface area contributed by atoms with Gasteiger partial charge >= 0.3 is 13.8 Å². The van der Waals surface area contributed by atoms with Crippen LogP contribution in [-0.4, -0.2) is 74.3 Å². The van der Waals surface area contributed by atoms with E-state index >= 15 is 0 Å². The minimum absolute atomic E-state index is 0.0302. The average Bonchev–Trinajstić information content (AvgIpc) is 3.39. The predicted octanol–water partition coefficient (Wildman–Crippen LogP) is 20.2. The molecule has 0 radical (unpaired) electrons. The first kappa shape index (κ1) is 74.7. The van der Waals surface area contributed by atoms with E-state index in [1.54, 1.807) is 0 Å². The first-order valence-corrected chi connectivity index (χ1v) is 34.1. The lowest BCUT2D eigenvalue weighted by Crippen LogP contribution is -2.47. The molecule has 9 nitrogen and oxygen atoms in total. The lowest BCUT2D eigenvalue weighted by molar-refractivity contribution is -0.870. The molecule has 0 aromatic rings. The zero-order valence-corrected chi connectivity index (χ0v) is 52.3. The largest absolute Gasteiger partial charge is 0.472 e. The molecule has 3 unspecified atom stereocenters. The van der Waals surface area contributed by atoms with Crippen molar-refractivity contribution in [1.29, 1.82) is 0 Å². The van der Waals surface area contributed by atoms with Gasteiger partial charge in [0.15, 0.2) is 0 Å². The summed E-state index contributed by atoms with van der Waals surface area (Å²) in [5.41, 5.74) is 0. The summed E-state index contributed by atoms with van der Waals surface area (Å²) in [6, 6.07) is -0.876.